The molecule has 30 heavy (non-hydrogen) atoms. The highest BCUT2D eigenvalue weighted by molar-refractivity contribution is 5.99. The molecule has 0 spiro atoms. The van der Waals surface area contributed by atoms with E-state index in [2.05, 4.69) is 0 Å². The second-order valence-corrected chi connectivity index (χ2v) is 6.24. The van der Waals surface area contributed by atoms with Gasteiger partial charge in [-0.3, -0.25) is 4.79 Å². The van der Waals surface area contributed by atoms with E-state index in [4.69, 9.17) is 9.47 Å². The minimum absolute atomic E-state index is 0.0730. The van der Waals surface area contributed by atoms with Crippen molar-refractivity contribution >= 4 is 5.78 Å². The van der Waals surface area contributed by atoms with Crippen LogP contribution in [0.2, 0.25) is 0 Å². The van der Waals surface area contributed by atoms with E-state index >= 15 is 0 Å². The molecule has 0 fully saturated rings. The maximum absolute atomic E-state index is 12.3. The molecule has 0 radical (unpaired) electrons. The van der Waals surface area contributed by atoms with Crippen LogP contribution in [-0.4, -0.2) is 5.78 Å². The lowest BCUT2D eigenvalue weighted by Crippen LogP contribution is -2.06. The molecule has 3 rings (SSSR count). The number of Topliss-reactive ketones (excluding diaryl/α,β-unsaturated/α-hetero) is 1. The molecule has 160 valence electrons. The first kappa shape index (κ1) is 25.0. The monoisotopic (exact) mass is 406 g/mol. The first-order chi connectivity index (χ1) is 14.6. The molecule has 3 heteroatoms. The van der Waals surface area contributed by atoms with Gasteiger partial charge in [0.25, 0.3) is 0 Å². The Morgan fingerprint density at radius 2 is 1.07 bits per heavy atom. The lowest BCUT2D eigenvalue weighted by Gasteiger charge is -2.16. The summed E-state index contributed by atoms with van der Waals surface area (Å²) in [6.07, 6.45) is 0. The molecule has 0 aromatic heterocycles. The minimum atomic E-state index is -0.0730. The van der Waals surface area contributed by atoms with E-state index in [9.17, 15) is 4.79 Å². The zero-order valence-electron chi connectivity index (χ0n) is 19.1. The molecule has 0 atom stereocenters. The number of benzene rings is 3. The van der Waals surface area contributed by atoms with Crippen LogP contribution in [0.15, 0.2) is 72.8 Å². The summed E-state index contributed by atoms with van der Waals surface area (Å²) in [6, 6.07) is 23.6. The lowest BCUT2D eigenvalue weighted by atomic mass is 10.1. The Labute approximate surface area is 181 Å². The van der Waals surface area contributed by atoms with Gasteiger partial charge in [0.15, 0.2) is 5.78 Å². The number of ketones is 1. The minimum Gasteiger partial charge on any atom is -0.488 e. The Kier molecular flexibility index (Phi) is 11.7. The van der Waals surface area contributed by atoms with Crippen LogP contribution in [-0.2, 0) is 13.2 Å². The molecule has 0 saturated carbocycles. The zero-order valence-corrected chi connectivity index (χ0v) is 19.1. The fraction of sp³-hybridized carbons (Fsp3) is 0.296. The predicted molar refractivity (Wildman–Crippen MR) is 125 cm³/mol. The third-order valence-corrected chi connectivity index (χ3v) is 4.04. The fourth-order valence-electron chi connectivity index (χ4n) is 2.77. The van der Waals surface area contributed by atoms with E-state index in [1.807, 2.05) is 107 Å². The molecular formula is C27H34O3. The van der Waals surface area contributed by atoms with Gasteiger partial charge in [0.05, 0.1) is 0 Å². The number of ether oxygens (including phenoxy) is 2. The summed E-state index contributed by atoms with van der Waals surface area (Å²) in [5, 5.41) is 0. The molecule has 0 saturated heterocycles. The van der Waals surface area contributed by atoms with Crippen molar-refractivity contribution in [2.75, 3.05) is 0 Å². The molecule has 3 aromatic rings. The van der Waals surface area contributed by atoms with Crippen molar-refractivity contribution in [2.45, 2.75) is 54.8 Å². The van der Waals surface area contributed by atoms with Gasteiger partial charge in [-0.1, -0.05) is 88.4 Å². The Bertz CT molecular complexity index is 807. The second kappa shape index (κ2) is 14.0. The molecule has 0 aliphatic rings. The third-order valence-electron chi connectivity index (χ3n) is 4.04. The molecule has 0 heterocycles. The molecule has 0 aliphatic carbocycles. The summed E-state index contributed by atoms with van der Waals surface area (Å²) in [4.78, 5) is 12.3. The maximum Gasteiger partial charge on any atom is 0.167 e. The summed E-state index contributed by atoms with van der Waals surface area (Å²) in [5.41, 5.74) is 3.58. The highest BCUT2D eigenvalue weighted by Crippen LogP contribution is 2.32. The Balaban J connectivity index is 0.00000106. The largest absolute Gasteiger partial charge is 0.488 e. The van der Waals surface area contributed by atoms with E-state index in [-0.39, 0.29) is 5.78 Å². The van der Waals surface area contributed by atoms with Gasteiger partial charge in [-0.25, -0.2) is 0 Å². The van der Waals surface area contributed by atoms with E-state index in [1.165, 1.54) is 6.92 Å². The summed E-state index contributed by atoms with van der Waals surface area (Å²) in [6.45, 7) is 12.3. The van der Waals surface area contributed by atoms with Gasteiger partial charge in [0.1, 0.15) is 30.3 Å². The molecule has 0 unspecified atom stereocenters. The maximum atomic E-state index is 12.3. The van der Waals surface area contributed by atoms with E-state index in [0.29, 0.717) is 30.3 Å². The molecule has 3 nitrogen and oxygen atoms in total. The van der Waals surface area contributed by atoms with Crippen molar-refractivity contribution < 1.29 is 14.3 Å². The fourth-order valence-corrected chi connectivity index (χ4v) is 2.77. The second-order valence-electron chi connectivity index (χ2n) is 6.24. The van der Waals surface area contributed by atoms with Gasteiger partial charge in [-0.05, 0) is 42.7 Å². The highest BCUT2D eigenvalue weighted by Gasteiger charge is 2.17. The number of hydrogen-bond donors (Lipinski definition) is 0. The van der Waals surface area contributed by atoms with E-state index in [0.717, 1.165) is 16.7 Å². The normalized spacial score (nSPS) is 9.40. The smallest absolute Gasteiger partial charge is 0.167 e. The number of hydrogen-bond acceptors (Lipinski definition) is 3. The Hall–Kier alpha value is -3.07. The molecule has 0 bridgehead atoms. The quantitative estimate of drug-likeness (QED) is 0.383. The molecule has 0 aliphatic heterocycles. The molecule has 0 N–H and O–H groups in total. The summed E-state index contributed by atoms with van der Waals surface area (Å²) >= 11 is 0. The van der Waals surface area contributed by atoms with E-state index in [1.54, 1.807) is 0 Å². The van der Waals surface area contributed by atoms with Crippen LogP contribution in [0.3, 0.4) is 0 Å². The summed E-state index contributed by atoms with van der Waals surface area (Å²) < 4.78 is 11.9. The van der Waals surface area contributed by atoms with Crippen molar-refractivity contribution in [1.82, 2.24) is 0 Å². The van der Waals surface area contributed by atoms with Crippen LogP contribution in [0.4, 0.5) is 0 Å². The summed E-state index contributed by atoms with van der Waals surface area (Å²) in [7, 11) is 0. The van der Waals surface area contributed by atoms with Crippen LogP contribution < -0.4 is 9.47 Å². The molecular weight excluding hydrogens is 372 g/mol. The first-order valence-electron chi connectivity index (χ1n) is 10.6. The topological polar surface area (TPSA) is 35.5 Å². The van der Waals surface area contributed by atoms with Crippen molar-refractivity contribution in [3.05, 3.63) is 95.1 Å². The lowest BCUT2D eigenvalue weighted by molar-refractivity contribution is 0.100. The predicted octanol–water partition coefficient (Wildman–Crippen LogP) is 7.41. The Morgan fingerprint density at radius 3 is 1.40 bits per heavy atom. The van der Waals surface area contributed by atoms with Gasteiger partial charge in [-0.2, -0.15) is 0 Å². The molecule has 3 aromatic carbocycles. The number of rotatable bonds is 7. The van der Waals surface area contributed by atoms with Gasteiger partial charge < -0.3 is 9.47 Å². The highest BCUT2D eigenvalue weighted by atomic mass is 16.5. The summed E-state index contributed by atoms with van der Waals surface area (Å²) in [5.74, 6) is 1.05. The average molecular weight is 407 g/mol. The average Bonchev–Trinajstić information content (AvgIpc) is 2.80. The first-order valence-corrected chi connectivity index (χ1v) is 10.6. The van der Waals surface area contributed by atoms with Crippen molar-refractivity contribution in [2.24, 2.45) is 0 Å². The van der Waals surface area contributed by atoms with Gasteiger partial charge in [0.2, 0.25) is 0 Å². The number of carbonyl (C=O) groups is 1. The van der Waals surface area contributed by atoms with Crippen molar-refractivity contribution in [3.63, 3.8) is 0 Å². The van der Waals surface area contributed by atoms with Crippen molar-refractivity contribution in [1.29, 1.82) is 0 Å². The number of carbonyl (C=O) groups excluding carboxylic acids is 1. The van der Waals surface area contributed by atoms with E-state index < -0.39 is 0 Å². The van der Waals surface area contributed by atoms with Crippen LogP contribution >= 0.6 is 0 Å². The van der Waals surface area contributed by atoms with Gasteiger partial charge in [0, 0.05) is 0 Å². The van der Waals surface area contributed by atoms with Gasteiger partial charge in [-0.15, -0.1) is 0 Å². The van der Waals surface area contributed by atoms with Crippen molar-refractivity contribution in [3.8, 4) is 11.5 Å². The van der Waals surface area contributed by atoms with Crippen LogP contribution in [0.1, 0.15) is 61.7 Å². The SMILES string of the molecule is CC.CC.CC(=O)c1c(OCc2ccccc2)cc(C)cc1OCc1ccccc1. The number of aryl methyl sites for hydroxylation is 1. The zero-order chi connectivity index (χ0) is 22.4. The van der Waals surface area contributed by atoms with Crippen LogP contribution in [0.25, 0.3) is 0 Å². The standard InChI is InChI=1S/C23H22O3.2C2H6/c1-17-13-21(25-15-19-9-5-3-6-10-19)23(18(2)24)22(14-17)26-16-20-11-7-4-8-12-20;2*1-2/h3-14H,15-16H2,1-2H3;2*1-2H3. The van der Waals surface area contributed by atoms with Gasteiger partial charge >= 0.3 is 0 Å². The Morgan fingerprint density at radius 1 is 0.700 bits per heavy atom. The van der Waals surface area contributed by atoms with Crippen LogP contribution in [0.5, 0.6) is 11.5 Å². The molecule has 0 amide bonds. The van der Waals surface area contributed by atoms with Crippen LogP contribution in [0, 0.1) is 6.92 Å². The third kappa shape index (κ3) is 7.75.